The van der Waals surface area contributed by atoms with Gasteiger partial charge in [0.05, 0.1) is 23.7 Å². The van der Waals surface area contributed by atoms with Crippen LogP contribution in [0.5, 0.6) is 11.5 Å². The number of aryl methyl sites for hydroxylation is 1. The number of nitrogens with one attached hydrogen (secondary N) is 1. The lowest BCUT2D eigenvalue weighted by Gasteiger charge is -2.19. The normalized spacial score (nSPS) is 10.9. The van der Waals surface area contributed by atoms with Gasteiger partial charge in [0, 0.05) is 13.1 Å². The van der Waals surface area contributed by atoms with E-state index in [4.69, 9.17) is 4.74 Å². The Balaban J connectivity index is 2.23. The van der Waals surface area contributed by atoms with E-state index in [1.165, 1.54) is 14.2 Å². The first-order chi connectivity index (χ1) is 12.8. The van der Waals surface area contributed by atoms with Crippen LogP contribution in [0, 0.1) is 18.6 Å². The Hall–Kier alpha value is -3.42. The van der Waals surface area contributed by atoms with Crippen molar-refractivity contribution in [1.29, 1.82) is 0 Å². The number of hydrogen-bond donors (Lipinski definition) is 2. The third-order valence-electron chi connectivity index (χ3n) is 4.30. The Morgan fingerprint density at radius 1 is 1.22 bits per heavy atom. The first-order valence-corrected chi connectivity index (χ1v) is 7.92. The van der Waals surface area contributed by atoms with E-state index in [9.17, 15) is 23.5 Å². The lowest BCUT2D eigenvalue weighted by molar-refractivity contribution is 0.0988. The van der Waals surface area contributed by atoms with Gasteiger partial charge < -0.3 is 19.7 Å². The van der Waals surface area contributed by atoms with E-state index in [0.717, 1.165) is 23.1 Å². The van der Waals surface area contributed by atoms with E-state index in [0.29, 0.717) is 5.56 Å². The molecule has 0 saturated heterocycles. The Morgan fingerprint density at radius 3 is 2.59 bits per heavy atom. The summed E-state index contributed by atoms with van der Waals surface area (Å²) in [6.07, 6.45) is 0. The number of anilines is 1. The van der Waals surface area contributed by atoms with E-state index in [1.54, 1.807) is 19.1 Å². The molecule has 3 rings (SSSR count). The lowest BCUT2D eigenvalue weighted by Crippen LogP contribution is -2.32. The van der Waals surface area contributed by atoms with Gasteiger partial charge in [-0.15, -0.1) is 0 Å². The number of nitrogens with zero attached hydrogens (tertiary/aromatic N) is 1. The summed E-state index contributed by atoms with van der Waals surface area (Å²) in [5.41, 5.74) is -0.876. The van der Waals surface area contributed by atoms with Crippen molar-refractivity contribution in [2.24, 2.45) is 0 Å². The highest BCUT2D eigenvalue weighted by molar-refractivity contribution is 6.11. The van der Waals surface area contributed by atoms with Gasteiger partial charge in [0.15, 0.2) is 0 Å². The van der Waals surface area contributed by atoms with Crippen molar-refractivity contribution in [2.45, 2.75) is 6.92 Å². The van der Waals surface area contributed by atoms with Crippen LogP contribution in [0.15, 0.2) is 35.1 Å². The van der Waals surface area contributed by atoms with Crippen molar-refractivity contribution >= 4 is 22.5 Å². The molecule has 8 heteroatoms. The molecule has 140 valence electrons. The van der Waals surface area contributed by atoms with E-state index in [-0.39, 0.29) is 22.3 Å². The van der Waals surface area contributed by atoms with E-state index >= 15 is 0 Å². The van der Waals surface area contributed by atoms with Gasteiger partial charge in [0.25, 0.3) is 11.5 Å². The zero-order valence-electron chi connectivity index (χ0n) is 14.8. The standard InChI is InChI=1S/C19H16F2N2O4/c1-9-4-7-12-14(17(9)27-3)16(24)15(18(25)22-12)19(26)23(2)13-8-10(20)5-6-11(13)21/h4-8H,1-3H3,(H2,22,24,25). The van der Waals surface area contributed by atoms with Crippen LogP contribution in [0.25, 0.3) is 10.9 Å². The summed E-state index contributed by atoms with van der Waals surface area (Å²) >= 11 is 0. The van der Waals surface area contributed by atoms with Crippen LogP contribution in [-0.4, -0.2) is 30.2 Å². The number of halogens is 2. The van der Waals surface area contributed by atoms with Crippen molar-refractivity contribution < 1.29 is 23.4 Å². The smallest absolute Gasteiger partial charge is 0.267 e. The number of carbonyl (C=O) groups excluding carboxylic acids is 1. The quantitative estimate of drug-likeness (QED) is 0.738. The molecule has 27 heavy (non-hydrogen) atoms. The molecule has 2 N–H and O–H groups in total. The maximum atomic E-state index is 14.0. The Morgan fingerprint density at radius 2 is 1.93 bits per heavy atom. The average Bonchev–Trinajstić information content (AvgIpc) is 2.63. The van der Waals surface area contributed by atoms with Crippen molar-refractivity contribution in [3.63, 3.8) is 0 Å². The Labute approximate surface area is 152 Å². The van der Waals surface area contributed by atoms with Crippen LogP contribution in [0.1, 0.15) is 15.9 Å². The van der Waals surface area contributed by atoms with Crippen LogP contribution in [0.2, 0.25) is 0 Å². The van der Waals surface area contributed by atoms with E-state index in [2.05, 4.69) is 4.98 Å². The molecule has 1 amide bonds. The highest BCUT2D eigenvalue weighted by Gasteiger charge is 2.26. The van der Waals surface area contributed by atoms with Gasteiger partial charge in [-0.05, 0) is 30.7 Å². The van der Waals surface area contributed by atoms with Crippen LogP contribution in [0.3, 0.4) is 0 Å². The van der Waals surface area contributed by atoms with Gasteiger partial charge in [0.2, 0.25) is 0 Å². The van der Waals surface area contributed by atoms with Gasteiger partial charge in [0.1, 0.15) is 28.7 Å². The van der Waals surface area contributed by atoms with Crippen LogP contribution in [-0.2, 0) is 0 Å². The second kappa shape index (κ2) is 6.71. The summed E-state index contributed by atoms with van der Waals surface area (Å²) in [5, 5.41) is 10.8. The number of benzene rings is 2. The lowest BCUT2D eigenvalue weighted by atomic mass is 10.1. The number of carbonyl (C=O) groups is 1. The monoisotopic (exact) mass is 374 g/mol. The summed E-state index contributed by atoms with van der Waals surface area (Å²) in [7, 11) is 2.57. The fourth-order valence-electron chi connectivity index (χ4n) is 2.92. The van der Waals surface area contributed by atoms with Crippen LogP contribution < -0.4 is 15.2 Å². The number of aromatic hydroxyl groups is 1. The molecule has 0 aliphatic rings. The first-order valence-electron chi connectivity index (χ1n) is 7.92. The number of pyridine rings is 1. The van der Waals surface area contributed by atoms with Gasteiger partial charge in [-0.1, -0.05) is 6.07 Å². The van der Waals surface area contributed by atoms with E-state index in [1.807, 2.05) is 0 Å². The molecule has 0 unspecified atom stereocenters. The molecule has 0 spiro atoms. The Bertz CT molecular complexity index is 1120. The first kappa shape index (κ1) is 18.4. The second-order valence-electron chi connectivity index (χ2n) is 5.98. The fourth-order valence-corrected chi connectivity index (χ4v) is 2.92. The molecular weight excluding hydrogens is 358 g/mol. The molecule has 0 radical (unpaired) electrons. The fraction of sp³-hybridized carbons (Fsp3) is 0.158. The molecule has 0 bridgehead atoms. The predicted molar refractivity (Wildman–Crippen MR) is 96.6 cm³/mol. The number of fused-ring (bicyclic) bond motifs is 1. The number of H-pyrrole nitrogens is 1. The number of rotatable bonds is 3. The molecule has 3 aromatic rings. The zero-order valence-corrected chi connectivity index (χ0v) is 14.8. The molecule has 2 aromatic carbocycles. The number of amides is 1. The highest BCUT2D eigenvalue weighted by Crippen LogP contribution is 2.36. The molecule has 0 fully saturated rings. The molecule has 1 heterocycles. The SMILES string of the molecule is COc1c(C)ccc2[nH]c(=O)c(C(=O)N(C)c3cc(F)ccc3F)c(O)c12. The summed E-state index contributed by atoms with van der Waals surface area (Å²) in [5.74, 6) is -2.90. The van der Waals surface area contributed by atoms with Gasteiger partial charge in [-0.2, -0.15) is 0 Å². The number of aromatic nitrogens is 1. The maximum absolute atomic E-state index is 14.0. The molecular formula is C19H16F2N2O4. The molecule has 0 saturated carbocycles. The van der Waals surface area contributed by atoms with Crippen molar-refractivity contribution in [3.8, 4) is 11.5 Å². The summed E-state index contributed by atoms with van der Waals surface area (Å²) in [6.45, 7) is 1.73. The number of aromatic amines is 1. The van der Waals surface area contributed by atoms with Crippen molar-refractivity contribution in [2.75, 3.05) is 19.1 Å². The average molecular weight is 374 g/mol. The molecule has 1 aromatic heterocycles. The number of hydrogen-bond acceptors (Lipinski definition) is 4. The minimum Gasteiger partial charge on any atom is -0.506 e. The van der Waals surface area contributed by atoms with E-state index < -0.39 is 34.4 Å². The maximum Gasteiger partial charge on any atom is 0.267 e. The minimum atomic E-state index is -0.997. The molecule has 6 nitrogen and oxygen atoms in total. The van der Waals surface area contributed by atoms with Crippen molar-refractivity contribution in [3.05, 3.63) is 63.4 Å². The zero-order chi connectivity index (χ0) is 19.9. The molecule has 0 aliphatic carbocycles. The Kier molecular flexibility index (Phi) is 4.57. The molecule has 0 aliphatic heterocycles. The summed E-state index contributed by atoms with van der Waals surface area (Å²) in [4.78, 5) is 28.5. The highest BCUT2D eigenvalue weighted by atomic mass is 19.1. The third kappa shape index (κ3) is 2.99. The second-order valence-corrected chi connectivity index (χ2v) is 5.98. The minimum absolute atomic E-state index is 0.147. The van der Waals surface area contributed by atoms with Crippen LogP contribution in [0.4, 0.5) is 14.5 Å². The number of methoxy groups -OCH3 is 1. The summed E-state index contributed by atoms with van der Waals surface area (Å²) in [6, 6.07) is 5.85. The topological polar surface area (TPSA) is 82.6 Å². The predicted octanol–water partition coefficient (Wildman–Crippen LogP) is 3.11. The number of ether oxygens (including phenoxy) is 1. The third-order valence-corrected chi connectivity index (χ3v) is 4.30. The largest absolute Gasteiger partial charge is 0.506 e. The summed E-state index contributed by atoms with van der Waals surface area (Å²) < 4.78 is 32.7. The van der Waals surface area contributed by atoms with Crippen LogP contribution >= 0.6 is 0 Å². The molecule has 0 atom stereocenters. The van der Waals surface area contributed by atoms with Gasteiger partial charge in [-0.25, -0.2) is 8.78 Å². The van der Waals surface area contributed by atoms with Crippen molar-refractivity contribution in [1.82, 2.24) is 4.98 Å². The van der Waals surface area contributed by atoms with Gasteiger partial charge >= 0.3 is 0 Å². The van der Waals surface area contributed by atoms with Gasteiger partial charge in [-0.3, -0.25) is 9.59 Å².